The number of Topliss-reactive ketones (excluding diaryl/α,β-unsaturated/α-hetero) is 1. The van der Waals surface area contributed by atoms with Crippen molar-refractivity contribution in [2.24, 2.45) is 0 Å². The van der Waals surface area contributed by atoms with E-state index in [9.17, 15) is 4.79 Å². The van der Waals surface area contributed by atoms with Crippen molar-refractivity contribution in [3.05, 3.63) is 34.9 Å². The Morgan fingerprint density at radius 3 is 2.54 bits per heavy atom. The fourth-order valence-electron chi connectivity index (χ4n) is 1.45. The highest BCUT2D eigenvalue weighted by Crippen LogP contribution is 2.23. The van der Waals surface area contributed by atoms with Gasteiger partial charge in [-0.25, -0.2) is 0 Å². The molecular weight excluding hydrogens is 188 g/mol. The lowest BCUT2D eigenvalue weighted by Gasteiger charge is -2.05. The summed E-state index contributed by atoms with van der Waals surface area (Å²) >= 11 is 5.74. The van der Waals surface area contributed by atoms with Crippen molar-refractivity contribution in [2.75, 3.05) is 13.2 Å². The summed E-state index contributed by atoms with van der Waals surface area (Å²) < 4.78 is 5.07. The number of carbonyl (C=O) groups excluding carboxylic acids is 1. The van der Waals surface area contributed by atoms with Crippen LogP contribution >= 0.6 is 11.6 Å². The summed E-state index contributed by atoms with van der Waals surface area (Å²) in [6, 6.07) is 7.34. The minimum absolute atomic E-state index is 0.0859. The number of halogens is 1. The largest absolute Gasteiger partial charge is 0.373 e. The van der Waals surface area contributed by atoms with Crippen LogP contribution in [0.3, 0.4) is 0 Å². The zero-order valence-electron chi connectivity index (χ0n) is 7.00. The lowest BCUT2D eigenvalue weighted by atomic mass is 9.98. The van der Waals surface area contributed by atoms with Crippen molar-refractivity contribution >= 4 is 17.4 Å². The summed E-state index contributed by atoms with van der Waals surface area (Å²) in [5.74, 6) is 0.0691. The zero-order valence-corrected chi connectivity index (χ0v) is 7.75. The number of carbonyl (C=O) groups is 1. The Hall–Kier alpha value is -0.860. The van der Waals surface area contributed by atoms with E-state index in [1.807, 2.05) is 12.1 Å². The Morgan fingerprint density at radius 2 is 2.00 bits per heavy atom. The fourth-order valence-corrected chi connectivity index (χ4v) is 1.57. The van der Waals surface area contributed by atoms with Crippen LogP contribution in [0.15, 0.2) is 24.3 Å². The summed E-state index contributed by atoms with van der Waals surface area (Å²) in [4.78, 5) is 11.3. The normalized spacial score (nSPS) is 22.2. The molecule has 0 amide bonds. The second-order valence-corrected chi connectivity index (χ2v) is 3.52. The van der Waals surface area contributed by atoms with Crippen LogP contribution in [0.25, 0.3) is 0 Å². The molecule has 0 saturated carbocycles. The number of hydrogen-bond acceptors (Lipinski definition) is 2. The molecule has 1 heterocycles. The molecule has 1 aliphatic heterocycles. The van der Waals surface area contributed by atoms with Crippen LogP contribution in [0.4, 0.5) is 0 Å². The molecule has 2 rings (SSSR count). The van der Waals surface area contributed by atoms with E-state index in [1.54, 1.807) is 12.1 Å². The Labute approximate surface area is 81.5 Å². The van der Waals surface area contributed by atoms with Gasteiger partial charge < -0.3 is 4.74 Å². The molecule has 13 heavy (non-hydrogen) atoms. The average molecular weight is 197 g/mol. The number of ketones is 1. The molecule has 0 spiro atoms. The summed E-state index contributed by atoms with van der Waals surface area (Å²) in [7, 11) is 0. The Balaban J connectivity index is 2.25. The van der Waals surface area contributed by atoms with Gasteiger partial charge in [0.05, 0.1) is 12.5 Å². The molecule has 0 bridgehead atoms. The molecule has 0 unspecified atom stereocenters. The molecule has 0 N–H and O–H groups in total. The van der Waals surface area contributed by atoms with Gasteiger partial charge in [0, 0.05) is 5.02 Å². The third-order valence-electron chi connectivity index (χ3n) is 2.19. The predicted molar refractivity (Wildman–Crippen MR) is 50.0 cm³/mol. The van der Waals surface area contributed by atoms with Crippen molar-refractivity contribution in [2.45, 2.75) is 5.92 Å². The first-order chi connectivity index (χ1) is 6.27. The van der Waals surface area contributed by atoms with Crippen LogP contribution in [-0.2, 0) is 9.53 Å². The van der Waals surface area contributed by atoms with E-state index < -0.39 is 0 Å². The molecule has 3 heteroatoms. The number of ether oxygens (including phenoxy) is 1. The topological polar surface area (TPSA) is 26.3 Å². The molecule has 1 aliphatic rings. The molecular formula is C10H9ClO2. The first-order valence-corrected chi connectivity index (χ1v) is 4.51. The molecule has 1 aromatic carbocycles. The van der Waals surface area contributed by atoms with E-state index in [-0.39, 0.29) is 18.3 Å². The van der Waals surface area contributed by atoms with Gasteiger partial charge in [-0.3, -0.25) is 4.79 Å². The molecule has 1 fully saturated rings. The lowest BCUT2D eigenvalue weighted by molar-refractivity contribution is -0.118. The van der Waals surface area contributed by atoms with Gasteiger partial charge >= 0.3 is 0 Å². The van der Waals surface area contributed by atoms with Gasteiger partial charge in [-0.15, -0.1) is 0 Å². The molecule has 0 aromatic heterocycles. The Morgan fingerprint density at radius 1 is 1.31 bits per heavy atom. The first-order valence-electron chi connectivity index (χ1n) is 4.13. The lowest BCUT2D eigenvalue weighted by Crippen LogP contribution is -2.08. The van der Waals surface area contributed by atoms with Crippen LogP contribution in [0, 0.1) is 0 Å². The van der Waals surface area contributed by atoms with Gasteiger partial charge in [0.1, 0.15) is 6.61 Å². The van der Waals surface area contributed by atoms with Crippen molar-refractivity contribution in [3.8, 4) is 0 Å². The summed E-state index contributed by atoms with van der Waals surface area (Å²) in [6.45, 7) is 0.744. The van der Waals surface area contributed by atoms with E-state index in [0.717, 1.165) is 5.56 Å². The average Bonchev–Trinajstić information content (AvgIpc) is 2.53. The minimum atomic E-state index is -0.0859. The van der Waals surface area contributed by atoms with Crippen LogP contribution in [-0.4, -0.2) is 19.0 Å². The first kappa shape index (κ1) is 8.73. The van der Waals surface area contributed by atoms with Gasteiger partial charge in [0.25, 0.3) is 0 Å². The van der Waals surface area contributed by atoms with Crippen molar-refractivity contribution in [1.29, 1.82) is 0 Å². The summed E-state index contributed by atoms with van der Waals surface area (Å²) in [5.41, 5.74) is 0.993. The highest BCUT2D eigenvalue weighted by molar-refractivity contribution is 6.30. The quantitative estimate of drug-likeness (QED) is 0.687. The number of hydrogen-bond donors (Lipinski definition) is 0. The van der Waals surface area contributed by atoms with Gasteiger partial charge in [-0.05, 0) is 17.7 Å². The maximum absolute atomic E-state index is 11.3. The van der Waals surface area contributed by atoms with Crippen molar-refractivity contribution in [3.63, 3.8) is 0 Å². The van der Waals surface area contributed by atoms with E-state index >= 15 is 0 Å². The zero-order chi connectivity index (χ0) is 9.26. The molecule has 1 saturated heterocycles. The number of rotatable bonds is 1. The molecule has 0 radical (unpaired) electrons. The highest BCUT2D eigenvalue weighted by atomic mass is 35.5. The molecule has 68 valence electrons. The maximum Gasteiger partial charge on any atom is 0.168 e. The van der Waals surface area contributed by atoms with Gasteiger partial charge in [0.2, 0.25) is 0 Å². The van der Waals surface area contributed by atoms with Crippen molar-refractivity contribution in [1.82, 2.24) is 0 Å². The maximum atomic E-state index is 11.3. The Kier molecular flexibility index (Phi) is 2.34. The second-order valence-electron chi connectivity index (χ2n) is 3.09. The Bertz CT molecular complexity index is 318. The third kappa shape index (κ3) is 1.74. The van der Waals surface area contributed by atoms with E-state index in [0.29, 0.717) is 11.6 Å². The van der Waals surface area contributed by atoms with Crippen LogP contribution in [0.1, 0.15) is 11.5 Å². The predicted octanol–water partition coefficient (Wildman–Crippen LogP) is 2.02. The summed E-state index contributed by atoms with van der Waals surface area (Å²) in [5, 5.41) is 0.690. The van der Waals surface area contributed by atoms with Gasteiger partial charge in [-0.2, -0.15) is 0 Å². The molecule has 2 nitrogen and oxygen atoms in total. The van der Waals surface area contributed by atoms with E-state index in [2.05, 4.69) is 0 Å². The SMILES string of the molecule is O=C1COC[C@@H]1c1ccc(Cl)cc1. The van der Waals surface area contributed by atoms with Crippen molar-refractivity contribution < 1.29 is 9.53 Å². The molecule has 1 aromatic rings. The van der Waals surface area contributed by atoms with Gasteiger partial charge in [-0.1, -0.05) is 23.7 Å². The fraction of sp³-hybridized carbons (Fsp3) is 0.300. The molecule has 0 aliphatic carbocycles. The van der Waals surface area contributed by atoms with Crippen LogP contribution in [0.5, 0.6) is 0 Å². The number of benzene rings is 1. The third-order valence-corrected chi connectivity index (χ3v) is 2.44. The van der Waals surface area contributed by atoms with Crippen LogP contribution < -0.4 is 0 Å². The minimum Gasteiger partial charge on any atom is -0.373 e. The second kappa shape index (κ2) is 3.48. The van der Waals surface area contributed by atoms with Gasteiger partial charge in [0.15, 0.2) is 5.78 Å². The van der Waals surface area contributed by atoms with E-state index in [1.165, 1.54) is 0 Å². The molecule has 1 atom stereocenters. The summed E-state index contributed by atoms with van der Waals surface area (Å²) in [6.07, 6.45) is 0. The van der Waals surface area contributed by atoms with Crippen LogP contribution in [0.2, 0.25) is 5.02 Å². The standard InChI is InChI=1S/C10H9ClO2/c11-8-3-1-7(2-4-8)9-5-13-6-10(9)12/h1-4,9H,5-6H2/t9-/m1/s1. The highest BCUT2D eigenvalue weighted by Gasteiger charge is 2.26. The van der Waals surface area contributed by atoms with E-state index in [4.69, 9.17) is 16.3 Å². The smallest absolute Gasteiger partial charge is 0.168 e. The monoisotopic (exact) mass is 196 g/mol.